The van der Waals surface area contributed by atoms with Crippen LogP contribution in [0, 0.1) is 5.41 Å². The van der Waals surface area contributed by atoms with Crippen LogP contribution < -0.4 is 5.73 Å². The zero-order valence-electron chi connectivity index (χ0n) is 8.36. The number of nitrogens with one attached hydrogen (secondary N) is 1. The third kappa shape index (κ3) is 2.53. The summed E-state index contributed by atoms with van der Waals surface area (Å²) < 4.78 is 1.23. The molecule has 0 amide bonds. The van der Waals surface area contributed by atoms with Gasteiger partial charge in [0, 0.05) is 6.42 Å². The van der Waals surface area contributed by atoms with Gasteiger partial charge in [0.1, 0.15) is 0 Å². The number of benzene rings is 1. The summed E-state index contributed by atoms with van der Waals surface area (Å²) in [6.45, 7) is 0. The molecule has 2 aromatic rings. The monoisotopic (exact) mass is 219 g/mol. The van der Waals surface area contributed by atoms with Crippen LogP contribution in [0.5, 0.6) is 0 Å². The lowest BCUT2D eigenvalue weighted by molar-refractivity contribution is 0.852. The summed E-state index contributed by atoms with van der Waals surface area (Å²) in [6, 6.07) is 8.14. The number of amidine groups is 1. The quantitative estimate of drug-likeness (QED) is 0.613. The number of hydrogen-bond donors (Lipinski definition) is 2. The number of rotatable bonds is 4. The topological polar surface area (TPSA) is 62.8 Å². The van der Waals surface area contributed by atoms with E-state index in [0.29, 0.717) is 6.42 Å². The first-order chi connectivity index (χ1) is 7.25. The molecule has 15 heavy (non-hydrogen) atoms. The van der Waals surface area contributed by atoms with Crippen LogP contribution in [0.3, 0.4) is 0 Å². The Morgan fingerprint density at radius 1 is 1.40 bits per heavy atom. The molecule has 1 heterocycles. The number of hydrogen-bond acceptors (Lipinski definition) is 3. The molecular weight excluding hydrogens is 206 g/mol. The third-order valence-electron chi connectivity index (χ3n) is 2.17. The van der Waals surface area contributed by atoms with Crippen molar-refractivity contribution in [3.05, 3.63) is 29.3 Å². The highest BCUT2D eigenvalue weighted by Crippen LogP contribution is 2.22. The minimum atomic E-state index is 0.260. The van der Waals surface area contributed by atoms with Crippen LogP contribution >= 0.6 is 11.3 Å². The SMILES string of the molecule is N=C(N)CCCc1nc2ccccc2s1. The Balaban J connectivity index is 2.05. The van der Waals surface area contributed by atoms with Gasteiger partial charge in [0.05, 0.1) is 21.1 Å². The van der Waals surface area contributed by atoms with Crippen molar-refractivity contribution in [1.29, 1.82) is 5.41 Å². The number of aromatic nitrogens is 1. The van der Waals surface area contributed by atoms with Gasteiger partial charge in [-0.1, -0.05) is 12.1 Å². The summed E-state index contributed by atoms with van der Waals surface area (Å²) in [5.74, 6) is 0.260. The molecule has 3 nitrogen and oxygen atoms in total. The Hall–Kier alpha value is -1.42. The second kappa shape index (κ2) is 4.40. The second-order valence-electron chi connectivity index (χ2n) is 3.45. The number of fused-ring (bicyclic) bond motifs is 1. The van der Waals surface area contributed by atoms with Gasteiger partial charge in [0.15, 0.2) is 0 Å². The van der Waals surface area contributed by atoms with E-state index in [2.05, 4.69) is 11.1 Å². The highest BCUT2D eigenvalue weighted by atomic mass is 32.1. The Bertz CT molecular complexity index is 442. The maximum Gasteiger partial charge on any atom is 0.0938 e. The summed E-state index contributed by atoms with van der Waals surface area (Å²) in [7, 11) is 0. The molecule has 4 heteroatoms. The molecule has 0 radical (unpaired) electrons. The largest absolute Gasteiger partial charge is 0.388 e. The van der Waals surface area contributed by atoms with E-state index in [9.17, 15) is 0 Å². The van der Waals surface area contributed by atoms with E-state index in [4.69, 9.17) is 11.1 Å². The van der Waals surface area contributed by atoms with E-state index in [1.54, 1.807) is 11.3 Å². The first-order valence-electron chi connectivity index (χ1n) is 4.93. The molecular formula is C11H13N3S. The van der Waals surface area contributed by atoms with Crippen molar-refractivity contribution in [2.24, 2.45) is 5.73 Å². The lowest BCUT2D eigenvalue weighted by Gasteiger charge is -1.94. The van der Waals surface area contributed by atoms with Crippen LogP contribution in [0.4, 0.5) is 0 Å². The first-order valence-corrected chi connectivity index (χ1v) is 5.75. The van der Waals surface area contributed by atoms with E-state index in [1.165, 1.54) is 4.70 Å². The maximum absolute atomic E-state index is 7.13. The molecule has 78 valence electrons. The van der Waals surface area contributed by atoms with Crippen LogP contribution in [0.15, 0.2) is 24.3 Å². The van der Waals surface area contributed by atoms with Gasteiger partial charge in [-0.3, -0.25) is 5.41 Å². The predicted octanol–water partition coefficient (Wildman–Crippen LogP) is 2.55. The predicted molar refractivity (Wildman–Crippen MR) is 64.5 cm³/mol. The fourth-order valence-corrected chi connectivity index (χ4v) is 2.47. The molecule has 3 N–H and O–H groups in total. The normalized spacial score (nSPS) is 10.7. The molecule has 2 rings (SSSR count). The van der Waals surface area contributed by atoms with Gasteiger partial charge >= 0.3 is 0 Å². The lowest BCUT2D eigenvalue weighted by Crippen LogP contribution is -2.08. The van der Waals surface area contributed by atoms with Crippen LogP contribution in [0.25, 0.3) is 10.2 Å². The molecule has 0 bridgehead atoms. The zero-order chi connectivity index (χ0) is 10.7. The number of para-hydroxylation sites is 1. The van der Waals surface area contributed by atoms with Crippen molar-refractivity contribution in [1.82, 2.24) is 4.98 Å². The fourth-order valence-electron chi connectivity index (χ4n) is 1.46. The van der Waals surface area contributed by atoms with Gasteiger partial charge < -0.3 is 5.73 Å². The first kappa shape index (κ1) is 10.1. The van der Waals surface area contributed by atoms with Gasteiger partial charge in [-0.05, 0) is 25.0 Å². The zero-order valence-corrected chi connectivity index (χ0v) is 9.18. The van der Waals surface area contributed by atoms with Crippen molar-refractivity contribution < 1.29 is 0 Å². The smallest absolute Gasteiger partial charge is 0.0938 e. The molecule has 0 unspecified atom stereocenters. The van der Waals surface area contributed by atoms with Crippen LogP contribution in [0.1, 0.15) is 17.8 Å². The highest BCUT2D eigenvalue weighted by Gasteiger charge is 2.02. The van der Waals surface area contributed by atoms with E-state index in [-0.39, 0.29) is 5.84 Å². The van der Waals surface area contributed by atoms with E-state index in [0.717, 1.165) is 23.4 Å². The molecule has 0 aliphatic heterocycles. The average molecular weight is 219 g/mol. The molecule has 0 aliphatic rings. The summed E-state index contributed by atoms with van der Waals surface area (Å²) in [4.78, 5) is 4.52. The molecule has 0 atom stereocenters. The Kier molecular flexibility index (Phi) is 2.97. The van der Waals surface area contributed by atoms with Crippen molar-refractivity contribution in [2.45, 2.75) is 19.3 Å². The van der Waals surface area contributed by atoms with Crippen molar-refractivity contribution in [3.63, 3.8) is 0 Å². The van der Waals surface area contributed by atoms with Crippen molar-refractivity contribution in [2.75, 3.05) is 0 Å². The maximum atomic E-state index is 7.13. The van der Waals surface area contributed by atoms with Crippen LogP contribution in [-0.4, -0.2) is 10.8 Å². The molecule has 0 saturated carbocycles. The Morgan fingerprint density at radius 3 is 2.93 bits per heavy atom. The van der Waals surface area contributed by atoms with E-state index < -0.39 is 0 Å². The number of aryl methyl sites for hydroxylation is 1. The number of thiazole rings is 1. The summed E-state index contributed by atoms with van der Waals surface area (Å²) in [5, 5.41) is 8.26. The standard InChI is InChI=1S/C11H13N3S/c12-10(13)6-3-7-11-14-8-4-1-2-5-9(8)15-11/h1-2,4-5H,3,6-7H2,(H3,12,13). The lowest BCUT2D eigenvalue weighted by atomic mass is 10.2. The molecule has 0 fully saturated rings. The second-order valence-corrected chi connectivity index (χ2v) is 4.57. The molecule has 1 aromatic heterocycles. The summed E-state index contributed by atoms with van der Waals surface area (Å²) in [6.07, 6.45) is 2.49. The number of nitrogens with zero attached hydrogens (tertiary/aromatic N) is 1. The molecule has 0 spiro atoms. The van der Waals surface area contributed by atoms with E-state index >= 15 is 0 Å². The van der Waals surface area contributed by atoms with Gasteiger partial charge in [-0.2, -0.15) is 0 Å². The van der Waals surface area contributed by atoms with Crippen LogP contribution in [0.2, 0.25) is 0 Å². The fraction of sp³-hybridized carbons (Fsp3) is 0.273. The molecule has 0 aliphatic carbocycles. The minimum absolute atomic E-state index is 0.260. The average Bonchev–Trinajstić information content (AvgIpc) is 2.59. The molecule has 1 aromatic carbocycles. The van der Waals surface area contributed by atoms with Gasteiger partial charge in [-0.25, -0.2) is 4.98 Å². The highest BCUT2D eigenvalue weighted by molar-refractivity contribution is 7.18. The third-order valence-corrected chi connectivity index (χ3v) is 3.27. The van der Waals surface area contributed by atoms with Gasteiger partial charge in [0.2, 0.25) is 0 Å². The Labute approximate surface area is 92.5 Å². The molecule has 0 saturated heterocycles. The van der Waals surface area contributed by atoms with Crippen molar-refractivity contribution in [3.8, 4) is 0 Å². The van der Waals surface area contributed by atoms with Gasteiger partial charge in [-0.15, -0.1) is 11.3 Å². The van der Waals surface area contributed by atoms with Crippen molar-refractivity contribution >= 4 is 27.4 Å². The van der Waals surface area contributed by atoms with Gasteiger partial charge in [0.25, 0.3) is 0 Å². The number of nitrogens with two attached hydrogens (primary N) is 1. The Morgan fingerprint density at radius 2 is 2.20 bits per heavy atom. The summed E-state index contributed by atoms with van der Waals surface area (Å²) >= 11 is 1.73. The summed E-state index contributed by atoms with van der Waals surface area (Å²) in [5.41, 5.74) is 6.37. The van der Waals surface area contributed by atoms with Crippen LogP contribution in [-0.2, 0) is 6.42 Å². The minimum Gasteiger partial charge on any atom is -0.388 e. The van der Waals surface area contributed by atoms with E-state index in [1.807, 2.05) is 18.2 Å².